The van der Waals surface area contributed by atoms with Crippen LogP contribution in [0.5, 0.6) is 5.75 Å². The molecule has 1 unspecified atom stereocenters. The SMILES string of the molecule is COc1ccc(S(=O)(=O)N(CC(=O)N(Cc2ccc(Cl)c(Cl)c2)C(Cc2ccccc2)C(=O)NCC(C)C)c2ccc(Cl)cc2)cc1. The number of nitrogens with zero attached hydrogens (tertiary/aromatic N) is 2. The van der Waals surface area contributed by atoms with E-state index in [2.05, 4.69) is 5.32 Å². The molecule has 4 rings (SSSR count). The van der Waals surface area contributed by atoms with Gasteiger partial charge in [0, 0.05) is 24.5 Å². The Morgan fingerprint density at radius 2 is 1.49 bits per heavy atom. The first-order valence-corrected chi connectivity index (χ1v) is 17.4. The van der Waals surface area contributed by atoms with E-state index in [0.29, 0.717) is 27.9 Å². The summed E-state index contributed by atoms with van der Waals surface area (Å²) in [4.78, 5) is 29.8. The van der Waals surface area contributed by atoms with Crippen molar-refractivity contribution >= 4 is 62.3 Å². The Balaban J connectivity index is 1.81. The van der Waals surface area contributed by atoms with Crippen molar-refractivity contribution < 1.29 is 22.7 Å². The first-order valence-electron chi connectivity index (χ1n) is 14.9. The molecule has 0 saturated heterocycles. The number of amides is 2. The third-order valence-electron chi connectivity index (χ3n) is 7.33. The number of carbonyl (C=O) groups is 2. The summed E-state index contributed by atoms with van der Waals surface area (Å²) in [6, 6.07) is 25.3. The molecule has 47 heavy (non-hydrogen) atoms. The quantitative estimate of drug-likeness (QED) is 0.148. The zero-order valence-corrected chi connectivity index (χ0v) is 29.3. The standard InChI is InChI=1S/C35H36Cl3N3O5S/c1-24(2)21-39-35(43)33(20-25-7-5-4-6-8-25)40(22-26-9-18-31(37)32(38)19-26)34(42)23-41(28-12-10-27(36)11-13-28)47(44,45)30-16-14-29(46-3)15-17-30/h4-19,24,33H,20-23H2,1-3H3,(H,39,43). The Morgan fingerprint density at radius 1 is 0.830 bits per heavy atom. The van der Waals surface area contributed by atoms with Crippen molar-refractivity contribution in [3.8, 4) is 5.75 Å². The second kappa shape index (κ2) is 16.4. The lowest BCUT2D eigenvalue weighted by atomic mass is 10.0. The van der Waals surface area contributed by atoms with Gasteiger partial charge in [-0.3, -0.25) is 13.9 Å². The molecule has 0 radical (unpaired) electrons. The predicted molar refractivity (Wildman–Crippen MR) is 188 cm³/mol. The summed E-state index contributed by atoms with van der Waals surface area (Å²) < 4.78 is 34.5. The summed E-state index contributed by atoms with van der Waals surface area (Å²) in [7, 11) is -2.80. The van der Waals surface area contributed by atoms with Gasteiger partial charge in [-0.25, -0.2) is 8.42 Å². The summed E-state index contributed by atoms with van der Waals surface area (Å²) in [6.45, 7) is 3.68. The summed E-state index contributed by atoms with van der Waals surface area (Å²) >= 11 is 18.7. The van der Waals surface area contributed by atoms with Crippen LogP contribution >= 0.6 is 34.8 Å². The molecule has 4 aromatic rings. The molecule has 0 saturated carbocycles. The van der Waals surface area contributed by atoms with Crippen LogP contribution in [0.25, 0.3) is 0 Å². The lowest BCUT2D eigenvalue weighted by molar-refractivity contribution is -0.140. The fourth-order valence-corrected chi connectivity index (χ4v) is 6.68. The number of carbonyl (C=O) groups excluding carboxylic acids is 2. The molecule has 0 heterocycles. The fourth-order valence-electron chi connectivity index (χ4n) is 4.82. The molecule has 0 aliphatic rings. The van der Waals surface area contributed by atoms with E-state index in [9.17, 15) is 18.0 Å². The topological polar surface area (TPSA) is 96.0 Å². The minimum absolute atomic E-state index is 0.0423. The number of hydrogen-bond donors (Lipinski definition) is 1. The number of rotatable bonds is 14. The summed E-state index contributed by atoms with van der Waals surface area (Å²) in [6.07, 6.45) is 0.185. The number of methoxy groups -OCH3 is 1. The second-order valence-corrected chi connectivity index (χ2v) is 14.4. The van der Waals surface area contributed by atoms with E-state index < -0.39 is 28.5 Å². The number of anilines is 1. The maximum Gasteiger partial charge on any atom is 0.264 e. The van der Waals surface area contributed by atoms with Crippen molar-refractivity contribution in [1.82, 2.24) is 10.2 Å². The predicted octanol–water partition coefficient (Wildman–Crippen LogP) is 7.26. The van der Waals surface area contributed by atoms with Gasteiger partial charge in [0.25, 0.3) is 10.0 Å². The Hall–Kier alpha value is -3.76. The first-order chi connectivity index (χ1) is 22.4. The summed E-state index contributed by atoms with van der Waals surface area (Å²) in [5.74, 6) is -0.344. The van der Waals surface area contributed by atoms with Gasteiger partial charge in [0.05, 0.1) is 27.7 Å². The van der Waals surface area contributed by atoms with E-state index in [1.807, 2.05) is 44.2 Å². The van der Waals surface area contributed by atoms with Crippen LogP contribution in [-0.2, 0) is 32.6 Å². The van der Waals surface area contributed by atoms with Crippen molar-refractivity contribution in [2.24, 2.45) is 5.92 Å². The third kappa shape index (κ3) is 9.64. The number of hydrogen-bond acceptors (Lipinski definition) is 5. The Kier molecular flexibility index (Phi) is 12.6. The van der Waals surface area contributed by atoms with Crippen molar-refractivity contribution in [2.45, 2.75) is 37.8 Å². The maximum atomic E-state index is 14.5. The molecule has 0 spiro atoms. The van der Waals surface area contributed by atoms with Gasteiger partial charge < -0.3 is 15.0 Å². The van der Waals surface area contributed by atoms with Crippen LogP contribution in [0, 0.1) is 5.92 Å². The van der Waals surface area contributed by atoms with E-state index in [1.165, 1.54) is 48.4 Å². The van der Waals surface area contributed by atoms with E-state index in [1.54, 1.807) is 30.3 Å². The van der Waals surface area contributed by atoms with Gasteiger partial charge in [0.1, 0.15) is 18.3 Å². The number of halogens is 3. The first kappa shape index (κ1) is 36.1. The van der Waals surface area contributed by atoms with Gasteiger partial charge in [-0.2, -0.15) is 0 Å². The minimum atomic E-state index is -4.28. The Bertz CT molecular complexity index is 1770. The van der Waals surface area contributed by atoms with Gasteiger partial charge in [-0.05, 0) is 77.7 Å². The number of ether oxygens (including phenoxy) is 1. The van der Waals surface area contributed by atoms with Crippen molar-refractivity contribution in [3.05, 3.63) is 123 Å². The average molecular weight is 717 g/mol. The summed E-state index contributed by atoms with van der Waals surface area (Å²) in [5.41, 5.74) is 1.65. The fraction of sp³-hybridized carbons (Fsp3) is 0.257. The number of sulfonamides is 1. The van der Waals surface area contributed by atoms with Crippen LogP contribution < -0.4 is 14.4 Å². The van der Waals surface area contributed by atoms with Gasteiger partial charge in [-0.15, -0.1) is 0 Å². The van der Waals surface area contributed by atoms with Crippen molar-refractivity contribution in [1.29, 1.82) is 0 Å². The van der Waals surface area contributed by atoms with Crippen LogP contribution in [-0.4, -0.2) is 51.4 Å². The highest BCUT2D eigenvalue weighted by atomic mass is 35.5. The number of nitrogens with one attached hydrogen (secondary N) is 1. The van der Waals surface area contributed by atoms with Crippen molar-refractivity contribution in [3.63, 3.8) is 0 Å². The van der Waals surface area contributed by atoms with Crippen LogP contribution in [0.15, 0.2) is 102 Å². The highest BCUT2D eigenvalue weighted by Gasteiger charge is 2.34. The smallest absolute Gasteiger partial charge is 0.264 e. The molecular weight excluding hydrogens is 681 g/mol. The molecular formula is C35H36Cl3N3O5S. The van der Waals surface area contributed by atoms with Gasteiger partial charge >= 0.3 is 0 Å². The second-order valence-electron chi connectivity index (χ2n) is 11.3. The molecule has 12 heteroatoms. The summed E-state index contributed by atoms with van der Waals surface area (Å²) in [5, 5.41) is 3.98. The van der Waals surface area contributed by atoms with Crippen molar-refractivity contribution in [2.75, 3.05) is 24.5 Å². The van der Waals surface area contributed by atoms with E-state index >= 15 is 0 Å². The Labute approximate surface area is 291 Å². The number of benzene rings is 4. The van der Waals surface area contributed by atoms with Crippen LogP contribution in [0.3, 0.4) is 0 Å². The molecule has 248 valence electrons. The van der Waals surface area contributed by atoms with E-state index in [4.69, 9.17) is 39.5 Å². The molecule has 4 aromatic carbocycles. The zero-order valence-electron chi connectivity index (χ0n) is 26.2. The third-order valence-corrected chi connectivity index (χ3v) is 10.1. The lowest BCUT2D eigenvalue weighted by Crippen LogP contribution is -2.53. The molecule has 8 nitrogen and oxygen atoms in total. The molecule has 0 aromatic heterocycles. The monoisotopic (exact) mass is 715 g/mol. The molecule has 1 atom stereocenters. The van der Waals surface area contributed by atoms with E-state index in [0.717, 1.165) is 9.87 Å². The van der Waals surface area contributed by atoms with Gasteiger partial charge in [0.15, 0.2) is 0 Å². The zero-order chi connectivity index (χ0) is 34.1. The van der Waals surface area contributed by atoms with E-state index in [-0.39, 0.29) is 40.4 Å². The maximum absolute atomic E-state index is 14.5. The molecule has 0 bridgehead atoms. The minimum Gasteiger partial charge on any atom is -0.497 e. The highest BCUT2D eigenvalue weighted by Crippen LogP contribution is 2.28. The molecule has 2 amide bonds. The molecule has 0 aliphatic carbocycles. The lowest BCUT2D eigenvalue weighted by Gasteiger charge is -2.34. The van der Waals surface area contributed by atoms with Gasteiger partial charge in [-0.1, -0.05) is 85.0 Å². The van der Waals surface area contributed by atoms with Crippen LogP contribution in [0.1, 0.15) is 25.0 Å². The normalized spacial score (nSPS) is 12.0. The highest BCUT2D eigenvalue weighted by molar-refractivity contribution is 7.92. The molecule has 1 N–H and O–H groups in total. The Morgan fingerprint density at radius 3 is 2.09 bits per heavy atom. The van der Waals surface area contributed by atoms with Crippen LogP contribution in [0.4, 0.5) is 5.69 Å². The van der Waals surface area contributed by atoms with Gasteiger partial charge in [0.2, 0.25) is 11.8 Å². The van der Waals surface area contributed by atoms with Crippen LogP contribution in [0.2, 0.25) is 15.1 Å². The largest absolute Gasteiger partial charge is 0.497 e. The molecule has 0 fully saturated rings. The molecule has 0 aliphatic heterocycles. The average Bonchev–Trinajstić information content (AvgIpc) is 3.06.